The summed E-state index contributed by atoms with van der Waals surface area (Å²) in [6.45, 7) is 5.93. The van der Waals surface area contributed by atoms with Crippen molar-refractivity contribution in [3.05, 3.63) is 59.5 Å². The molecule has 1 amide bonds. The molecule has 1 heterocycles. The second-order valence-corrected chi connectivity index (χ2v) is 3.58. The number of aryl methyl sites for hydroxylation is 1. The smallest absolute Gasteiger partial charge is 0.271 e. The Balaban J connectivity index is 0.000000861. The summed E-state index contributed by atoms with van der Waals surface area (Å²) in [6.07, 6.45) is 3.00. The van der Waals surface area contributed by atoms with Gasteiger partial charge >= 0.3 is 0 Å². The molecule has 0 aliphatic carbocycles. The van der Waals surface area contributed by atoms with E-state index in [0.29, 0.717) is 11.3 Å². The average Bonchev–Trinajstić information content (AvgIpc) is 2.94. The van der Waals surface area contributed by atoms with Gasteiger partial charge in [-0.1, -0.05) is 31.5 Å². The van der Waals surface area contributed by atoms with Crippen molar-refractivity contribution >= 4 is 12.1 Å². The summed E-state index contributed by atoms with van der Waals surface area (Å²) in [4.78, 5) is 11.7. The van der Waals surface area contributed by atoms with Crippen molar-refractivity contribution in [3.63, 3.8) is 0 Å². The van der Waals surface area contributed by atoms with Gasteiger partial charge < -0.3 is 4.42 Å². The Kier molecular flexibility index (Phi) is 6.09. The molecular formula is C15H18N2O2. The predicted octanol–water partition coefficient (Wildman–Crippen LogP) is 3.38. The molecular weight excluding hydrogens is 240 g/mol. The van der Waals surface area contributed by atoms with Crippen molar-refractivity contribution in [2.75, 3.05) is 0 Å². The van der Waals surface area contributed by atoms with E-state index in [0.717, 1.165) is 5.56 Å². The summed E-state index contributed by atoms with van der Waals surface area (Å²) in [5.74, 6) is 0.353. The minimum absolute atomic E-state index is 0.239. The van der Waals surface area contributed by atoms with Gasteiger partial charge in [0.25, 0.3) is 5.91 Å². The molecule has 0 fully saturated rings. The highest BCUT2D eigenvalue weighted by atomic mass is 16.3. The number of nitrogens with zero attached hydrogens (tertiary/aromatic N) is 1. The number of benzene rings is 1. The second kappa shape index (κ2) is 7.87. The SMILES string of the molecule is CC.Cc1cccc(C(=O)N/N=C/c2ccco2)c1. The quantitative estimate of drug-likeness (QED) is 0.677. The zero-order chi connectivity index (χ0) is 14.1. The van der Waals surface area contributed by atoms with Crippen LogP contribution in [-0.4, -0.2) is 12.1 Å². The van der Waals surface area contributed by atoms with Gasteiger partial charge in [-0.25, -0.2) is 5.43 Å². The molecule has 4 nitrogen and oxygen atoms in total. The van der Waals surface area contributed by atoms with Crippen LogP contribution in [0.15, 0.2) is 52.2 Å². The standard InChI is InChI=1S/C13H12N2O2.C2H6/c1-10-4-2-5-11(8-10)13(16)15-14-9-12-6-3-7-17-12;1-2/h2-9H,1H3,(H,15,16);1-2H3/b14-9+;. The van der Waals surface area contributed by atoms with Crippen LogP contribution in [0.2, 0.25) is 0 Å². The highest BCUT2D eigenvalue weighted by molar-refractivity contribution is 5.94. The first-order valence-corrected chi connectivity index (χ1v) is 6.19. The normalized spacial score (nSPS) is 9.84. The van der Waals surface area contributed by atoms with Crippen molar-refractivity contribution in [1.82, 2.24) is 5.43 Å². The van der Waals surface area contributed by atoms with Gasteiger partial charge in [-0.2, -0.15) is 5.10 Å². The summed E-state index contributed by atoms with van der Waals surface area (Å²) >= 11 is 0. The highest BCUT2D eigenvalue weighted by Gasteiger charge is 2.03. The van der Waals surface area contributed by atoms with Gasteiger partial charge in [0.1, 0.15) is 5.76 Å². The van der Waals surface area contributed by atoms with Crippen LogP contribution in [0.25, 0.3) is 0 Å². The number of hydrogen-bond acceptors (Lipinski definition) is 3. The number of furan rings is 1. The first-order valence-electron chi connectivity index (χ1n) is 6.19. The number of rotatable bonds is 3. The fraction of sp³-hybridized carbons (Fsp3) is 0.200. The fourth-order valence-electron chi connectivity index (χ4n) is 1.37. The Hall–Kier alpha value is -2.36. The number of carbonyl (C=O) groups is 1. The van der Waals surface area contributed by atoms with E-state index in [2.05, 4.69) is 10.5 Å². The van der Waals surface area contributed by atoms with E-state index in [1.165, 1.54) is 6.21 Å². The maximum Gasteiger partial charge on any atom is 0.271 e. The van der Waals surface area contributed by atoms with Gasteiger partial charge in [0.05, 0.1) is 12.5 Å². The molecule has 0 saturated carbocycles. The first kappa shape index (κ1) is 14.7. The van der Waals surface area contributed by atoms with Crippen molar-refractivity contribution in [1.29, 1.82) is 0 Å². The lowest BCUT2D eigenvalue weighted by Gasteiger charge is -2.00. The Morgan fingerprint density at radius 1 is 1.26 bits per heavy atom. The average molecular weight is 258 g/mol. The molecule has 0 saturated heterocycles. The van der Waals surface area contributed by atoms with Crippen LogP contribution >= 0.6 is 0 Å². The molecule has 0 radical (unpaired) electrons. The van der Waals surface area contributed by atoms with Gasteiger partial charge in [0, 0.05) is 5.56 Å². The summed E-state index contributed by atoms with van der Waals surface area (Å²) in [5, 5.41) is 3.80. The van der Waals surface area contributed by atoms with Crippen molar-refractivity contribution in [3.8, 4) is 0 Å². The lowest BCUT2D eigenvalue weighted by molar-refractivity contribution is 0.0955. The van der Waals surface area contributed by atoms with E-state index in [1.54, 1.807) is 30.5 Å². The fourth-order valence-corrected chi connectivity index (χ4v) is 1.37. The molecule has 0 unspecified atom stereocenters. The van der Waals surface area contributed by atoms with Gasteiger partial charge in [-0.15, -0.1) is 0 Å². The molecule has 2 rings (SSSR count). The van der Waals surface area contributed by atoms with Crippen LogP contribution in [0.3, 0.4) is 0 Å². The second-order valence-electron chi connectivity index (χ2n) is 3.58. The van der Waals surface area contributed by atoms with Crippen LogP contribution in [-0.2, 0) is 0 Å². The molecule has 0 bridgehead atoms. The zero-order valence-electron chi connectivity index (χ0n) is 11.4. The van der Waals surface area contributed by atoms with E-state index < -0.39 is 0 Å². The molecule has 0 spiro atoms. The van der Waals surface area contributed by atoms with Crippen LogP contribution in [0.5, 0.6) is 0 Å². The lowest BCUT2D eigenvalue weighted by Crippen LogP contribution is -2.17. The predicted molar refractivity (Wildman–Crippen MR) is 76.3 cm³/mol. The summed E-state index contributed by atoms with van der Waals surface area (Å²) in [7, 11) is 0. The summed E-state index contributed by atoms with van der Waals surface area (Å²) < 4.78 is 5.04. The van der Waals surface area contributed by atoms with Crippen molar-refractivity contribution in [2.45, 2.75) is 20.8 Å². The van der Waals surface area contributed by atoms with Crippen LogP contribution in [0.4, 0.5) is 0 Å². The van der Waals surface area contributed by atoms with E-state index >= 15 is 0 Å². The van der Waals surface area contributed by atoms with Gasteiger partial charge in [0.2, 0.25) is 0 Å². The number of hydrogen-bond donors (Lipinski definition) is 1. The van der Waals surface area contributed by atoms with Crippen LogP contribution in [0, 0.1) is 6.92 Å². The maximum absolute atomic E-state index is 11.7. The third-order valence-electron chi connectivity index (χ3n) is 2.18. The number of carbonyl (C=O) groups excluding carboxylic acids is 1. The largest absolute Gasteiger partial charge is 0.463 e. The molecule has 0 atom stereocenters. The van der Waals surface area contributed by atoms with Crippen LogP contribution in [0.1, 0.15) is 35.5 Å². The third kappa shape index (κ3) is 4.79. The topological polar surface area (TPSA) is 54.6 Å². The van der Waals surface area contributed by atoms with E-state index in [4.69, 9.17) is 4.42 Å². The Morgan fingerprint density at radius 3 is 2.68 bits per heavy atom. The van der Waals surface area contributed by atoms with Crippen LogP contribution < -0.4 is 5.43 Å². The number of hydrazone groups is 1. The molecule has 19 heavy (non-hydrogen) atoms. The lowest BCUT2D eigenvalue weighted by atomic mass is 10.1. The molecule has 100 valence electrons. The summed E-state index contributed by atoms with van der Waals surface area (Å²) in [5.41, 5.74) is 4.05. The van der Waals surface area contributed by atoms with Gasteiger partial charge in [-0.3, -0.25) is 4.79 Å². The minimum atomic E-state index is -0.239. The number of amides is 1. The molecule has 2 aromatic rings. The molecule has 1 aromatic heterocycles. The zero-order valence-corrected chi connectivity index (χ0v) is 11.4. The summed E-state index contributed by atoms with van der Waals surface area (Å²) in [6, 6.07) is 10.8. The van der Waals surface area contributed by atoms with E-state index in [-0.39, 0.29) is 5.91 Å². The third-order valence-corrected chi connectivity index (χ3v) is 2.18. The van der Waals surface area contributed by atoms with Gasteiger partial charge in [0.15, 0.2) is 0 Å². The molecule has 0 aliphatic rings. The Labute approximate surface area is 113 Å². The molecule has 4 heteroatoms. The van der Waals surface area contributed by atoms with E-state index in [9.17, 15) is 4.79 Å². The van der Waals surface area contributed by atoms with Crippen molar-refractivity contribution < 1.29 is 9.21 Å². The van der Waals surface area contributed by atoms with Crippen molar-refractivity contribution in [2.24, 2.45) is 5.10 Å². The van der Waals surface area contributed by atoms with E-state index in [1.807, 2.05) is 32.9 Å². The Bertz CT molecular complexity index is 531. The molecule has 1 aromatic carbocycles. The maximum atomic E-state index is 11.7. The Morgan fingerprint density at radius 2 is 2.05 bits per heavy atom. The molecule has 0 aliphatic heterocycles. The number of nitrogens with one attached hydrogen (secondary N) is 1. The van der Waals surface area contributed by atoms with Gasteiger partial charge in [-0.05, 0) is 31.2 Å². The highest BCUT2D eigenvalue weighted by Crippen LogP contribution is 2.03. The first-order chi connectivity index (χ1) is 9.25. The monoisotopic (exact) mass is 258 g/mol. The minimum Gasteiger partial charge on any atom is -0.463 e. The molecule has 1 N–H and O–H groups in total.